The normalized spacial score (nSPS) is 14.4. The van der Waals surface area contributed by atoms with Crippen molar-refractivity contribution in [2.75, 3.05) is 39.6 Å². The Morgan fingerprint density at radius 2 is 0.564 bits per heavy atom. The van der Waals surface area contributed by atoms with Gasteiger partial charge in [0.15, 0.2) is 12.2 Å². The summed E-state index contributed by atoms with van der Waals surface area (Å²) in [6, 6.07) is 0. The van der Waals surface area contributed by atoms with Gasteiger partial charge in [-0.05, 0) is 109 Å². The van der Waals surface area contributed by atoms with E-state index in [9.17, 15) is 43.2 Å². The van der Waals surface area contributed by atoms with Crippen molar-refractivity contribution in [1.82, 2.24) is 0 Å². The van der Waals surface area contributed by atoms with Crippen molar-refractivity contribution in [3.8, 4) is 0 Å². The molecule has 0 radical (unpaired) electrons. The molecule has 0 rings (SSSR count). The van der Waals surface area contributed by atoms with E-state index in [0.717, 1.165) is 173 Å². The Kier molecular flexibility index (Phi) is 65.5. The number of ether oxygens (including phenoxy) is 4. The van der Waals surface area contributed by atoms with E-state index in [2.05, 4.69) is 101 Å². The summed E-state index contributed by atoms with van der Waals surface area (Å²) >= 11 is 0. The molecule has 0 aromatic rings. The highest BCUT2D eigenvalue weighted by Gasteiger charge is 2.30. The molecule has 0 heterocycles. The van der Waals surface area contributed by atoms with Crippen LogP contribution in [0.4, 0.5) is 0 Å². The van der Waals surface area contributed by atoms with Crippen molar-refractivity contribution >= 4 is 39.5 Å². The lowest BCUT2D eigenvalue weighted by atomic mass is 10.1. The van der Waals surface area contributed by atoms with E-state index in [-0.39, 0.29) is 25.7 Å². The Morgan fingerprint density at radius 3 is 0.915 bits per heavy atom. The molecule has 0 aromatic carbocycles. The highest BCUT2D eigenvalue weighted by molar-refractivity contribution is 7.47. The predicted octanol–water partition coefficient (Wildman–Crippen LogP) is 20.9. The third-order valence-corrected chi connectivity index (χ3v) is 17.6. The van der Waals surface area contributed by atoms with Crippen molar-refractivity contribution in [1.29, 1.82) is 0 Å². The van der Waals surface area contributed by atoms with Crippen LogP contribution in [0.25, 0.3) is 0 Å². The number of hydrogen-bond donors (Lipinski definition) is 3. The van der Waals surface area contributed by atoms with Crippen LogP contribution < -0.4 is 0 Å². The number of esters is 4. The van der Waals surface area contributed by atoms with Gasteiger partial charge in [-0.2, -0.15) is 0 Å². The molecule has 0 spiro atoms. The van der Waals surface area contributed by atoms with Crippen LogP contribution in [0.15, 0.2) is 72.9 Å². The molecule has 0 bridgehead atoms. The zero-order chi connectivity index (χ0) is 69.0. The van der Waals surface area contributed by atoms with E-state index in [4.69, 9.17) is 37.0 Å². The molecular weight excluding hydrogens is 1230 g/mol. The van der Waals surface area contributed by atoms with Gasteiger partial charge >= 0.3 is 39.5 Å². The van der Waals surface area contributed by atoms with Gasteiger partial charge in [-0.25, -0.2) is 9.13 Å². The highest BCUT2D eigenvalue weighted by Crippen LogP contribution is 2.45. The number of carbonyl (C=O) groups is 4. The van der Waals surface area contributed by atoms with Crippen molar-refractivity contribution in [2.24, 2.45) is 0 Å². The molecule has 0 fully saturated rings. The predicted molar refractivity (Wildman–Crippen MR) is 381 cm³/mol. The Hall–Kier alpha value is -3.50. The van der Waals surface area contributed by atoms with Crippen LogP contribution in [-0.2, 0) is 65.4 Å². The molecule has 19 heteroatoms. The molecule has 0 aliphatic heterocycles. The van der Waals surface area contributed by atoms with Crippen LogP contribution in [0.2, 0.25) is 0 Å². The first kappa shape index (κ1) is 90.5. The molecule has 0 aromatic heterocycles. The van der Waals surface area contributed by atoms with Gasteiger partial charge in [0.05, 0.1) is 26.4 Å². The Morgan fingerprint density at radius 1 is 0.309 bits per heavy atom. The first-order valence-corrected chi connectivity index (χ1v) is 40.2. The minimum absolute atomic E-state index is 0.0840. The third kappa shape index (κ3) is 67.1. The molecule has 0 saturated heterocycles. The first-order valence-electron chi connectivity index (χ1n) is 37.2. The van der Waals surface area contributed by atoms with E-state index in [1.54, 1.807) is 0 Å². The van der Waals surface area contributed by atoms with Gasteiger partial charge in [0.2, 0.25) is 0 Å². The monoisotopic (exact) mass is 1370 g/mol. The maximum atomic E-state index is 13.0. The van der Waals surface area contributed by atoms with Crippen LogP contribution in [-0.4, -0.2) is 96.7 Å². The minimum Gasteiger partial charge on any atom is -0.462 e. The van der Waals surface area contributed by atoms with E-state index in [1.807, 2.05) is 0 Å². The van der Waals surface area contributed by atoms with Crippen LogP contribution >= 0.6 is 15.6 Å². The topological polar surface area (TPSA) is 237 Å². The minimum atomic E-state index is -4.97. The summed E-state index contributed by atoms with van der Waals surface area (Å²) in [6.45, 7) is 4.68. The van der Waals surface area contributed by atoms with E-state index in [0.29, 0.717) is 25.7 Å². The second-order valence-electron chi connectivity index (χ2n) is 24.9. The lowest BCUT2D eigenvalue weighted by Crippen LogP contribution is -2.30. The van der Waals surface area contributed by atoms with Gasteiger partial charge in [-0.1, -0.05) is 261 Å². The number of phosphoric ester groups is 2. The maximum absolute atomic E-state index is 13.0. The van der Waals surface area contributed by atoms with Gasteiger partial charge in [-0.3, -0.25) is 37.3 Å². The summed E-state index contributed by atoms with van der Waals surface area (Å²) in [5, 5.41) is 10.6. The van der Waals surface area contributed by atoms with E-state index >= 15 is 0 Å². The summed E-state index contributed by atoms with van der Waals surface area (Å²) in [6.07, 6.45) is 66.2. The van der Waals surface area contributed by atoms with Gasteiger partial charge in [0.1, 0.15) is 19.3 Å². The fourth-order valence-corrected chi connectivity index (χ4v) is 11.5. The maximum Gasteiger partial charge on any atom is 0.472 e. The van der Waals surface area contributed by atoms with Crippen molar-refractivity contribution in [3.63, 3.8) is 0 Å². The summed E-state index contributed by atoms with van der Waals surface area (Å²) < 4.78 is 68.3. The first-order chi connectivity index (χ1) is 45.7. The van der Waals surface area contributed by atoms with Crippen molar-refractivity contribution in [2.45, 2.75) is 341 Å². The summed E-state index contributed by atoms with van der Waals surface area (Å²) in [4.78, 5) is 72.6. The number of phosphoric acid groups is 2. The number of carbonyl (C=O) groups excluding carboxylic acids is 4. The number of hydrogen-bond acceptors (Lipinski definition) is 15. The van der Waals surface area contributed by atoms with Gasteiger partial charge < -0.3 is 33.8 Å². The summed E-state index contributed by atoms with van der Waals surface area (Å²) in [5.41, 5.74) is 0. The number of aliphatic hydroxyl groups is 1. The summed E-state index contributed by atoms with van der Waals surface area (Å²) in [7, 11) is -9.93. The number of aliphatic hydroxyl groups excluding tert-OH is 1. The molecule has 0 amide bonds. The fourth-order valence-electron chi connectivity index (χ4n) is 9.95. The third-order valence-electron chi connectivity index (χ3n) is 15.7. The van der Waals surface area contributed by atoms with Crippen molar-refractivity contribution in [3.05, 3.63) is 72.9 Å². The van der Waals surface area contributed by atoms with Gasteiger partial charge in [-0.15, -0.1) is 0 Å². The Balaban J connectivity index is 5.28. The zero-order valence-electron chi connectivity index (χ0n) is 59.4. The van der Waals surface area contributed by atoms with E-state index < -0.39 is 97.5 Å². The van der Waals surface area contributed by atoms with E-state index in [1.165, 1.54) is 70.6 Å². The quantitative estimate of drug-likeness (QED) is 0.0169. The Labute approximate surface area is 571 Å². The molecule has 17 nitrogen and oxygen atoms in total. The molecule has 546 valence electrons. The lowest BCUT2D eigenvalue weighted by Gasteiger charge is -2.21. The molecule has 0 aliphatic carbocycles. The van der Waals surface area contributed by atoms with Gasteiger partial charge in [0.25, 0.3) is 0 Å². The zero-order valence-corrected chi connectivity index (χ0v) is 61.2. The smallest absolute Gasteiger partial charge is 0.462 e. The SMILES string of the molecule is CC/C=C\C/C=C\C/C=C\CCCCCCCCCC(=O)OCC(COP(=O)(O)OCC(O)COP(=O)(O)OCC(COC(=O)CCCCCCC/C=C\C/C=C\CCCCC)OC(=O)CCCCCCC/C=C\CCCC)OC(=O)CCCCCCCCCCCCC. The lowest BCUT2D eigenvalue weighted by molar-refractivity contribution is -0.161. The Bertz CT molecular complexity index is 2070. The molecule has 3 N–H and O–H groups in total. The molecule has 0 saturated carbocycles. The average molecular weight is 1370 g/mol. The highest BCUT2D eigenvalue weighted by atomic mass is 31.2. The molecular formula is C75H134O17P2. The standard InChI is InChI=1S/C75H134O17P2/c1-5-9-13-17-21-25-29-31-33-34-36-38-42-44-48-52-56-60-73(78)86-66-71(92-75(80)62-58-54-50-46-40-28-24-20-16-12-8-4)68-90-94(83,84)88-64-69(76)63-87-93(81,82)89-67-70(91-74(79)61-57-53-49-45-39-27-23-19-15-11-7-3)65-85-72(77)59-55-51-47-43-41-37-35-32-30-26-22-18-14-10-6-2/h9,13,19,21-23,25-26,31-33,35,69-71,76H,5-8,10-12,14-18,20,24,27-30,34,36-68H2,1-4H3,(H,81,82)(H,83,84)/b13-9-,23-19-,25-21-,26-22-,33-31-,35-32-. The van der Waals surface area contributed by atoms with Crippen LogP contribution in [0, 0.1) is 0 Å². The second-order valence-corrected chi connectivity index (χ2v) is 27.8. The van der Waals surface area contributed by atoms with Gasteiger partial charge in [0, 0.05) is 25.7 Å². The van der Waals surface area contributed by atoms with Crippen LogP contribution in [0.3, 0.4) is 0 Å². The molecule has 5 unspecified atom stereocenters. The number of rotatable bonds is 70. The molecule has 94 heavy (non-hydrogen) atoms. The van der Waals surface area contributed by atoms with Crippen LogP contribution in [0.1, 0.15) is 323 Å². The number of allylic oxidation sites excluding steroid dienone is 12. The largest absolute Gasteiger partial charge is 0.472 e. The average Bonchev–Trinajstić information content (AvgIpc) is 1.32. The number of unbranched alkanes of at least 4 members (excludes halogenated alkanes) is 32. The molecule has 0 aliphatic rings. The van der Waals surface area contributed by atoms with Crippen LogP contribution in [0.5, 0.6) is 0 Å². The fraction of sp³-hybridized carbons (Fsp3) is 0.787. The summed E-state index contributed by atoms with van der Waals surface area (Å²) in [5.74, 6) is -2.19. The second kappa shape index (κ2) is 68.0. The van der Waals surface area contributed by atoms with Crippen molar-refractivity contribution < 1.29 is 80.2 Å². The molecule has 5 atom stereocenters.